The van der Waals surface area contributed by atoms with Crippen LogP contribution in [0.3, 0.4) is 0 Å². The fourth-order valence-electron chi connectivity index (χ4n) is 3.06. The van der Waals surface area contributed by atoms with Crippen LogP contribution in [-0.2, 0) is 27.4 Å². The number of phenolic OH excluding ortho intramolecular Hbond substituents is 1. The number of phenols is 1. The first-order valence-electron chi connectivity index (χ1n) is 9.79. The fourth-order valence-corrected chi connectivity index (χ4v) is 3.98. The Morgan fingerprint density at radius 2 is 1.53 bits per heavy atom. The summed E-state index contributed by atoms with van der Waals surface area (Å²) in [5.74, 6) is 0.204. The number of allylic oxidation sites excluding steroid dienone is 1. The van der Waals surface area contributed by atoms with Crippen LogP contribution in [0.15, 0.2) is 47.4 Å². The quantitative estimate of drug-likeness (QED) is 0.660. The highest BCUT2D eigenvalue weighted by atomic mass is 32.2. The Labute approximate surface area is 180 Å². The third-order valence-corrected chi connectivity index (χ3v) is 6.07. The van der Waals surface area contributed by atoms with Gasteiger partial charge in [-0.3, -0.25) is 0 Å². The molecule has 0 saturated heterocycles. The monoisotopic (exact) mass is 426 g/mol. The van der Waals surface area contributed by atoms with Crippen LogP contribution < -0.4 is 4.72 Å². The van der Waals surface area contributed by atoms with Gasteiger partial charge in [0.05, 0.1) is 0 Å². The summed E-state index contributed by atoms with van der Waals surface area (Å²) < 4.78 is 27.9. The van der Waals surface area contributed by atoms with Crippen LogP contribution in [0.1, 0.15) is 63.8 Å². The van der Waals surface area contributed by atoms with E-state index < -0.39 is 10.0 Å². The molecule has 0 saturated carbocycles. The van der Waals surface area contributed by atoms with Gasteiger partial charge in [0.25, 0.3) is 10.0 Å². The second-order valence-electron chi connectivity index (χ2n) is 9.40. The van der Waals surface area contributed by atoms with E-state index in [0.29, 0.717) is 16.7 Å². The molecule has 0 radical (unpaired) electrons. The molecule has 30 heavy (non-hydrogen) atoms. The fraction of sp³-hybridized carbons (Fsp3) is 0.375. The predicted molar refractivity (Wildman–Crippen MR) is 121 cm³/mol. The number of hydrogen-bond donors (Lipinski definition) is 2. The lowest BCUT2D eigenvalue weighted by Crippen LogP contribution is -2.24. The van der Waals surface area contributed by atoms with Gasteiger partial charge in [-0.15, -0.1) is 0 Å². The molecule has 0 spiro atoms. The Kier molecular flexibility index (Phi) is 6.80. The molecule has 0 bridgehead atoms. The van der Waals surface area contributed by atoms with E-state index in [1.54, 1.807) is 18.2 Å². The van der Waals surface area contributed by atoms with Gasteiger partial charge in [0.2, 0.25) is 0 Å². The first-order valence-corrected chi connectivity index (χ1v) is 11.3. The van der Waals surface area contributed by atoms with Gasteiger partial charge in [0.1, 0.15) is 11.8 Å². The normalized spacial score (nSPS) is 13.2. The molecular weight excluding hydrogens is 396 g/mol. The van der Waals surface area contributed by atoms with Gasteiger partial charge in [0, 0.05) is 17.7 Å². The third kappa shape index (κ3) is 5.71. The highest BCUT2D eigenvalue weighted by Gasteiger charge is 2.27. The van der Waals surface area contributed by atoms with Gasteiger partial charge < -0.3 is 5.11 Å². The molecule has 2 N–H and O–H groups in total. The zero-order chi connectivity index (χ0) is 22.7. The topological polar surface area (TPSA) is 90.2 Å². The van der Waals surface area contributed by atoms with Crippen molar-refractivity contribution in [3.05, 3.63) is 69.6 Å². The minimum atomic E-state index is -3.99. The summed E-state index contributed by atoms with van der Waals surface area (Å²) >= 11 is 0. The van der Waals surface area contributed by atoms with Crippen LogP contribution in [0.4, 0.5) is 0 Å². The van der Waals surface area contributed by atoms with Crippen LogP contribution in [0.2, 0.25) is 0 Å². The highest BCUT2D eigenvalue weighted by molar-refractivity contribution is 7.93. The summed E-state index contributed by atoms with van der Waals surface area (Å²) in [6.45, 7) is 12.0. The Morgan fingerprint density at radius 1 is 1.03 bits per heavy atom. The number of sulfonamides is 1. The van der Waals surface area contributed by atoms with E-state index in [2.05, 4.69) is 4.72 Å². The van der Waals surface area contributed by atoms with Crippen molar-refractivity contribution in [3.8, 4) is 11.8 Å². The van der Waals surface area contributed by atoms with E-state index in [9.17, 15) is 18.8 Å². The van der Waals surface area contributed by atoms with Crippen LogP contribution in [0.25, 0.3) is 6.08 Å². The molecule has 5 nitrogen and oxygen atoms in total. The Morgan fingerprint density at radius 3 is 1.97 bits per heavy atom. The van der Waals surface area contributed by atoms with Crippen molar-refractivity contribution < 1.29 is 13.5 Å². The molecule has 160 valence electrons. The van der Waals surface area contributed by atoms with Crippen molar-refractivity contribution in [2.45, 2.75) is 58.9 Å². The molecule has 2 aromatic carbocycles. The standard InChI is InChI=1S/C24H30N2O3S/c1-23(2,3)20-13-18(14-21(22(20)27)24(4,5)6)12-19(15-25)30(28,29)26-16-17-10-8-7-9-11-17/h7-14,26-27H,16H2,1-6H3/b19-12-. The van der Waals surface area contributed by atoms with Gasteiger partial charge in [-0.1, -0.05) is 71.9 Å². The van der Waals surface area contributed by atoms with Crippen LogP contribution in [0, 0.1) is 11.3 Å². The molecule has 0 amide bonds. The van der Waals surface area contributed by atoms with Crippen molar-refractivity contribution in [2.24, 2.45) is 0 Å². The van der Waals surface area contributed by atoms with E-state index in [4.69, 9.17) is 0 Å². The van der Waals surface area contributed by atoms with Gasteiger partial charge in [-0.25, -0.2) is 13.1 Å². The Balaban J connectivity index is 2.51. The first kappa shape index (κ1) is 23.7. The second kappa shape index (κ2) is 8.63. The molecule has 0 aromatic heterocycles. The smallest absolute Gasteiger partial charge is 0.251 e. The summed E-state index contributed by atoms with van der Waals surface area (Å²) in [5.41, 5.74) is 2.05. The van der Waals surface area contributed by atoms with Crippen molar-refractivity contribution >= 4 is 16.1 Å². The summed E-state index contributed by atoms with van der Waals surface area (Å²) in [7, 11) is -3.99. The molecule has 0 aliphatic rings. The molecule has 0 atom stereocenters. The maximum atomic E-state index is 12.7. The number of nitrogens with one attached hydrogen (secondary N) is 1. The van der Waals surface area contributed by atoms with Crippen molar-refractivity contribution in [3.63, 3.8) is 0 Å². The van der Waals surface area contributed by atoms with E-state index in [-0.39, 0.29) is 28.0 Å². The molecule has 0 heterocycles. The summed E-state index contributed by atoms with van der Waals surface area (Å²) in [6, 6.07) is 14.4. The average Bonchev–Trinajstić information content (AvgIpc) is 2.64. The zero-order valence-corrected chi connectivity index (χ0v) is 19.3. The molecule has 0 fully saturated rings. The lowest BCUT2D eigenvalue weighted by Gasteiger charge is -2.28. The number of benzene rings is 2. The molecular formula is C24H30N2O3S. The van der Waals surface area contributed by atoms with E-state index in [1.165, 1.54) is 6.08 Å². The van der Waals surface area contributed by atoms with E-state index in [1.807, 2.05) is 71.9 Å². The number of nitriles is 1. The average molecular weight is 427 g/mol. The maximum absolute atomic E-state index is 12.7. The number of aromatic hydroxyl groups is 1. The minimum Gasteiger partial charge on any atom is -0.507 e. The molecule has 2 aromatic rings. The van der Waals surface area contributed by atoms with Gasteiger partial charge in [-0.05, 0) is 40.2 Å². The van der Waals surface area contributed by atoms with Crippen molar-refractivity contribution in [1.29, 1.82) is 5.26 Å². The van der Waals surface area contributed by atoms with E-state index >= 15 is 0 Å². The Bertz CT molecular complexity index is 1050. The van der Waals surface area contributed by atoms with Crippen molar-refractivity contribution in [1.82, 2.24) is 4.72 Å². The SMILES string of the molecule is CC(C)(C)c1cc(/C=C(/C#N)S(=O)(=O)NCc2ccccc2)cc(C(C)(C)C)c1O. The third-order valence-electron chi connectivity index (χ3n) is 4.75. The Hall–Kier alpha value is -2.62. The zero-order valence-electron chi connectivity index (χ0n) is 18.4. The van der Waals surface area contributed by atoms with Crippen LogP contribution in [0.5, 0.6) is 5.75 Å². The van der Waals surface area contributed by atoms with Gasteiger partial charge in [-0.2, -0.15) is 5.26 Å². The summed E-state index contributed by atoms with van der Waals surface area (Å²) in [4.78, 5) is -0.371. The second-order valence-corrected chi connectivity index (χ2v) is 11.1. The van der Waals surface area contributed by atoms with Gasteiger partial charge in [0.15, 0.2) is 4.91 Å². The minimum absolute atomic E-state index is 0.0955. The molecule has 0 aliphatic heterocycles. The van der Waals surface area contributed by atoms with E-state index in [0.717, 1.165) is 5.56 Å². The number of hydrogen-bond acceptors (Lipinski definition) is 4. The maximum Gasteiger partial charge on any atom is 0.251 e. The summed E-state index contributed by atoms with van der Waals surface area (Å²) in [6.07, 6.45) is 1.36. The predicted octanol–water partition coefficient (Wildman–Crippen LogP) is 4.97. The molecule has 2 rings (SSSR count). The van der Waals surface area contributed by atoms with Crippen LogP contribution in [-0.4, -0.2) is 13.5 Å². The molecule has 6 heteroatoms. The number of rotatable bonds is 5. The highest BCUT2D eigenvalue weighted by Crippen LogP contribution is 2.40. The number of nitrogens with zero attached hydrogens (tertiary/aromatic N) is 1. The van der Waals surface area contributed by atoms with Crippen molar-refractivity contribution in [2.75, 3.05) is 0 Å². The molecule has 0 aliphatic carbocycles. The van der Waals surface area contributed by atoms with Gasteiger partial charge >= 0.3 is 0 Å². The summed E-state index contributed by atoms with van der Waals surface area (Å²) in [5, 5.41) is 20.4. The first-order chi connectivity index (χ1) is 13.8. The lowest BCUT2D eigenvalue weighted by atomic mass is 9.78. The largest absolute Gasteiger partial charge is 0.507 e. The van der Waals surface area contributed by atoms with Crippen LogP contribution >= 0.6 is 0 Å². The molecule has 0 unspecified atom stereocenters. The lowest BCUT2D eigenvalue weighted by molar-refractivity contribution is 0.423.